The minimum Gasteiger partial charge on any atom is -0.393 e. The molecule has 7 nitrogen and oxygen atoms in total. The van der Waals surface area contributed by atoms with E-state index in [-0.39, 0.29) is 12.1 Å². The third kappa shape index (κ3) is 3.64. The first-order chi connectivity index (χ1) is 9.03. The highest BCUT2D eigenvalue weighted by Crippen LogP contribution is 2.27. The highest BCUT2D eigenvalue weighted by molar-refractivity contribution is 6.00. The van der Waals surface area contributed by atoms with Gasteiger partial charge in [0.2, 0.25) is 0 Å². The number of amides is 1. The SMILES string of the molecule is CN(CC(C)(C)O)C(=O)c1cc(F)cc([N+](=O)[O-])c1N. The smallest absolute Gasteiger partial charge is 0.295 e. The number of benzene rings is 1. The molecule has 0 heterocycles. The molecule has 0 aliphatic heterocycles. The van der Waals surface area contributed by atoms with Gasteiger partial charge in [-0.2, -0.15) is 0 Å². The van der Waals surface area contributed by atoms with Gasteiger partial charge in [0, 0.05) is 13.6 Å². The van der Waals surface area contributed by atoms with E-state index in [0.29, 0.717) is 6.07 Å². The summed E-state index contributed by atoms with van der Waals surface area (Å²) in [5, 5.41) is 20.4. The third-order valence-corrected chi connectivity index (χ3v) is 2.52. The van der Waals surface area contributed by atoms with Crippen molar-refractivity contribution in [3.05, 3.63) is 33.6 Å². The van der Waals surface area contributed by atoms with Crippen LogP contribution in [0.25, 0.3) is 0 Å². The molecular formula is C12H16FN3O4. The van der Waals surface area contributed by atoms with E-state index in [1.54, 1.807) is 0 Å². The van der Waals surface area contributed by atoms with Gasteiger partial charge in [0.25, 0.3) is 11.6 Å². The average molecular weight is 285 g/mol. The van der Waals surface area contributed by atoms with Gasteiger partial charge in [-0.05, 0) is 19.9 Å². The first-order valence-electron chi connectivity index (χ1n) is 5.74. The fraction of sp³-hybridized carbons (Fsp3) is 0.417. The summed E-state index contributed by atoms with van der Waals surface area (Å²) in [6.45, 7) is 2.96. The van der Waals surface area contributed by atoms with Crippen LogP contribution >= 0.6 is 0 Å². The maximum atomic E-state index is 13.3. The zero-order valence-electron chi connectivity index (χ0n) is 11.4. The van der Waals surface area contributed by atoms with Gasteiger partial charge in [-0.15, -0.1) is 0 Å². The molecule has 0 saturated heterocycles. The van der Waals surface area contributed by atoms with Gasteiger partial charge in [0.15, 0.2) is 0 Å². The number of nitro benzene ring substituents is 1. The molecule has 0 spiro atoms. The van der Waals surface area contributed by atoms with Crippen LogP contribution in [0, 0.1) is 15.9 Å². The normalized spacial score (nSPS) is 11.2. The molecule has 0 radical (unpaired) electrons. The van der Waals surface area contributed by atoms with Gasteiger partial charge in [-0.1, -0.05) is 0 Å². The summed E-state index contributed by atoms with van der Waals surface area (Å²) in [5.41, 5.74) is 3.02. The van der Waals surface area contributed by atoms with E-state index in [1.165, 1.54) is 20.9 Å². The number of likely N-dealkylation sites (N-methyl/N-ethyl adjacent to an activating group) is 1. The minimum absolute atomic E-state index is 0.0322. The Balaban J connectivity index is 3.20. The first-order valence-corrected chi connectivity index (χ1v) is 5.74. The van der Waals surface area contributed by atoms with Gasteiger partial charge >= 0.3 is 0 Å². The molecule has 0 unspecified atom stereocenters. The Kier molecular flexibility index (Phi) is 4.29. The Morgan fingerprint density at radius 1 is 1.55 bits per heavy atom. The molecule has 8 heteroatoms. The Morgan fingerprint density at radius 2 is 2.10 bits per heavy atom. The number of nitro groups is 1. The van der Waals surface area contributed by atoms with Crippen LogP contribution in [-0.2, 0) is 0 Å². The molecule has 0 bridgehead atoms. The highest BCUT2D eigenvalue weighted by Gasteiger charge is 2.26. The number of carbonyl (C=O) groups is 1. The van der Waals surface area contributed by atoms with Crippen molar-refractivity contribution in [3.63, 3.8) is 0 Å². The van der Waals surface area contributed by atoms with Crippen molar-refractivity contribution in [2.24, 2.45) is 0 Å². The Labute approximate surface area is 114 Å². The van der Waals surface area contributed by atoms with E-state index in [9.17, 15) is 24.4 Å². The zero-order valence-corrected chi connectivity index (χ0v) is 11.4. The Hall–Kier alpha value is -2.22. The van der Waals surface area contributed by atoms with Crippen LogP contribution in [0.15, 0.2) is 12.1 Å². The third-order valence-electron chi connectivity index (χ3n) is 2.52. The maximum Gasteiger partial charge on any atom is 0.295 e. The number of nitrogens with zero attached hydrogens (tertiary/aromatic N) is 2. The topological polar surface area (TPSA) is 110 Å². The van der Waals surface area contributed by atoms with Gasteiger partial charge in [0.05, 0.1) is 22.2 Å². The standard InChI is InChI=1S/C12H16FN3O4/c1-12(2,18)6-15(3)11(17)8-4-7(13)5-9(10(8)14)16(19)20/h4-5,18H,6,14H2,1-3H3. The molecule has 0 aliphatic rings. The molecule has 0 saturated carbocycles. The van der Waals surface area contributed by atoms with Crippen molar-refractivity contribution in [1.29, 1.82) is 0 Å². The average Bonchev–Trinajstić information content (AvgIpc) is 2.28. The summed E-state index contributed by atoms with van der Waals surface area (Å²) in [6, 6.07) is 1.49. The van der Waals surface area contributed by atoms with Crippen LogP contribution in [0.2, 0.25) is 0 Å². The van der Waals surface area contributed by atoms with Crippen molar-refractivity contribution in [2.45, 2.75) is 19.4 Å². The van der Waals surface area contributed by atoms with E-state index in [1.807, 2.05) is 0 Å². The monoisotopic (exact) mass is 285 g/mol. The molecule has 0 aromatic heterocycles. The number of nitrogen functional groups attached to an aromatic ring is 1. The van der Waals surface area contributed by atoms with Crippen molar-refractivity contribution in [1.82, 2.24) is 4.90 Å². The lowest BCUT2D eigenvalue weighted by molar-refractivity contribution is -0.384. The predicted molar refractivity (Wildman–Crippen MR) is 70.7 cm³/mol. The molecule has 1 amide bonds. The quantitative estimate of drug-likeness (QED) is 0.490. The van der Waals surface area contributed by atoms with Crippen LogP contribution in [0.3, 0.4) is 0 Å². The molecule has 1 aromatic carbocycles. The second kappa shape index (κ2) is 5.41. The fourth-order valence-corrected chi connectivity index (χ4v) is 1.79. The number of hydrogen-bond acceptors (Lipinski definition) is 5. The lowest BCUT2D eigenvalue weighted by atomic mass is 10.1. The summed E-state index contributed by atoms with van der Waals surface area (Å²) >= 11 is 0. The van der Waals surface area contributed by atoms with E-state index in [0.717, 1.165) is 11.0 Å². The fourth-order valence-electron chi connectivity index (χ4n) is 1.79. The number of nitrogens with two attached hydrogens (primary N) is 1. The van der Waals surface area contributed by atoms with Crippen molar-refractivity contribution >= 4 is 17.3 Å². The number of anilines is 1. The number of halogens is 1. The first kappa shape index (κ1) is 15.8. The molecule has 0 atom stereocenters. The van der Waals surface area contributed by atoms with Crippen molar-refractivity contribution in [2.75, 3.05) is 19.3 Å². The molecule has 110 valence electrons. The molecule has 0 aliphatic carbocycles. The van der Waals surface area contributed by atoms with Crippen molar-refractivity contribution in [3.8, 4) is 0 Å². The summed E-state index contributed by atoms with van der Waals surface area (Å²) in [5.74, 6) is -1.63. The van der Waals surface area contributed by atoms with E-state index >= 15 is 0 Å². The lowest BCUT2D eigenvalue weighted by Crippen LogP contribution is -2.40. The molecule has 1 rings (SSSR count). The summed E-state index contributed by atoms with van der Waals surface area (Å²) in [4.78, 5) is 23.1. The van der Waals surface area contributed by atoms with Crippen LogP contribution < -0.4 is 5.73 Å². The second-order valence-electron chi connectivity index (χ2n) is 5.12. The molecular weight excluding hydrogens is 269 g/mol. The zero-order chi connectivity index (χ0) is 15.7. The lowest BCUT2D eigenvalue weighted by Gasteiger charge is -2.25. The van der Waals surface area contributed by atoms with Crippen LogP contribution in [0.1, 0.15) is 24.2 Å². The van der Waals surface area contributed by atoms with Crippen LogP contribution in [0.4, 0.5) is 15.8 Å². The Morgan fingerprint density at radius 3 is 2.55 bits per heavy atom. The molecule has 3 N–H and O–H groups in total. The van der Waals surface area contributed by atoms with Crippen molar-refractivity contribution < 1.29 is 19.2 Å². The minimum atomic E-state index is -1.15. The summed E-state index contributed by atoms with van der Waals surface area (Å²) in [7, 11) is 1.39. The van der Waals surface area contributed by atoms with E-state index in [4.69, 9.17) is 5.73 Å². The molecule has 1 aromatic rings. The predicted octanol–water partition coefficient (Wildman–Crippen LogP) is 1.16. The largest absolute Gasteiger partial charge is 0.393 e. The number of rotatable bonds is 4. The molecule has 20 heavy (non-hydrogen) atoms. The van der Waals surface area contributed by atoms with E-state index in [2.05, 4.69) is 0 Å². The van der Waals surface area contributed by atoms with Gasteiger partial charge in [0.1, 0.15) is 11.5 Å². The van der Waals surface area contributed by atoms with Crippen LogP contribution in [-0.4, -0.2) is 40.0 Å². The highest BCUT2D eigenvalue weighted by atomic mass is 19.1. The second-order valence-corrected chi connectivity index (χ2v) is 5.12. The number of aliphatic hydroxyl groups is 1. The van der Waals surface area contributed by atoms with Gasteiger partial charge < -0.3 is 15.7 Å². The van der Waals surface area contributed by atoms with E-state index < -0.39 is 33.6 Å². The summed E-state index contributed by atoms with van der Waals surface area (Å²) < 4.78 is 13.3. The number of carbonyl (C=O) groups excluding carboxylic acids is 1. The number of hydrogen-bond donors (Lipinski definition) is 2. The van der Waals surface area contributed by atoms with Crippen LogP contribution in [0.5, 0.6) is 0 Å². The summed E-state index contributed by atoms with van der Waals surface area (Å²) in [6.07, 6.45) is 0. The molecule has 0 fully saturated rings. The Bertz CT molecular complexity index is 554. The van der Waals surface area contributed by atoms with Gasteiger partial charge in [-0.25, -0.2) is 4.39 Å². The maximum absolute atomic E-state index is 13.3. The van der Waals surface area contributed by atoms with Gasteiger partial charge in [-0.3, -0.25) is 14.9 Å².